The molecule has 2 aromatic heterocycles. The van der Waals surface area contributed by atoms with E-state index in [0.29, 0.717) is 29.0 Å². The van der Waals surface area contributed by atoms with Gasteiger partial charge in [0, 0.05) is 24.2 Å². The van der Waals surface area contributed by atoms with Crippen molar-refractivity contribution in [3.8, 4) is 11.4 Å². The number of nitrogens with zero attached hydrogens (tertiary/aromatic N) is 3. The molecule has 0 amide bonds. The van der Waals surface area contributed by atoms with E-state index in [4.69, 9.17) is 5.11 Å². The highest BCUT2D eigenvalue weighted by atomic mass is 19.1. The number of hydrogen-bond acceptors (Lipinski definition) is 4. The third-order valence-electron chi connectivity index (χ3n) is 4.60. The second-order valence-electron chi connectivity index (χ2n) is 6.52. The van der Waals surface area contributed by atoms with Crippen molar-refractivity contribution in [2.75, 3.05) is 6.61 Å². The molecule has 0 aliphatic rings. The maximum absolute atomic E-state index is 14.0. The molecule has 7 heteroatoms. The van der Waals surface area contributed by atoms with Crippen LogP contribution in [0.15, 0.2) is 60.8 Å². The minimum Gasteiger partial charge on any atom is -0.393 e. The highest BCUT2D eigenvalue weighted by Crippen LogP contribution is 2.23. The Bertz CT molecular complexity index is 1130. The van der Waals surface area contributed by atoms with E-state index in [1.807, 2.05) is 12.3 Å². The van der Waals surface area contributed by atoms with E-state index < -0.39 is 17.7 Å². The Hall–Kier alpha value is -3.16. The van der Waals surface area contributed by atoms with E-state index >= 15 is 0 Å². The lowest BCUT2D eigenvalue weighted by Gasteiger charge is -2.08. The summed E-state index contributed by atoms with van der Waals surface area (Å²) in [6, 6.07) is 14.2. The van der Waals surface area contributed by atoms with Gasteiger partial charge in [0.15, 0.2) is 11.5 Å². The van der Waals surface area contributed by atoms with Crippen molar-refractivity contribution in [1.82, 2.24) is 14.6 Å². The molecule has 0 spiro atoms. The summed E-state index contributed by atoms with van der Waals surface area (Å²) in [6.45, 7) is -0.351. The van der Waals surface area contributed by atoms with E-state index in [1.54, 1.807) is 34.7 Å². The molecule has 0 saturated carbocycles. The predicted molar refractivity (Wildman–Crippen MR) is 99.6 cm³/mol. The molecule has 4 aromatic rings. The van der Waals surface area contributed by atoms with Gasteiger partial charge in [0.25, 0.3) is 0 Å². The molecule has 4 rings (SSSR count). The molecule has 28 heavy (non-hydrogen) atoms. The first-order valence-electron chi connectivity index (χ1n) is 8.72. The van der Waals surface area contributed by atoms with Gasteiger partial charge < -0.3 is 10.2 Å². The normalized spacial score (nSPS) is 12.4. The predicted octanol–water partition coefficient (Wildman–Crippen LogP) is 3.29. The van der Waals surface area contributed by atoms with Crippen LogP contribution in [-0.2, 0) is 6.42 Å². The number of benzene rings is 2. The molecule has 1 atom stereocenters. The van der Waals surface area contributed by atoms with Crippen LogP contribution in [0.25, 0.3) is 17.0 Å². The summed E-state index contributed by atoms with van der Waals surface area (Å²) in [5.41, 5.74) is 3.25. The van der Waals surface area contributed by atoms with E-state index in [9.17, 15) is 13.9 Å². The zero-order valence-corrected chi connectivity index (χ0v) is 14.8. The summed E-state index contributed by atoms with van der Waals surface area (Å²) in [5.74, 6) is -0.587. The Kier molecular flexibility index (Phi) is 4.85. The van der Waals surface area contributed by atoms with Gasteiger partial charge >= 0.3 is 0 Å². The van der Waals surface area contributed by atoms with Crippen LogP contribution in [0.5, 0.6) is 0 Å². The van der Waals surface area contributed by atoms with Gasteiger partial charge in [-0.15, -0.1) is 10.2 Å². The zero-order chi connectivity index (χ0) is 19.7. The van der Waals surface area contributed by atoms with Crippen molar-refractivity contribution in [2.45, 2.75) is 12.5 Å². The van der Waals surface area contributed by atoms with E-state index in [2.05, 4.69) is 10.2 Å². The Morgan fingerprint density at radius 2 is 1.75 bits per heavy atom. The second kappa shape index (κ2) is 7.46. The first-order valence-corrected chi connectivity index (χ1v) is 8.72. The van der Waals surface area contributed by atoms with Crippen LogP contribution in [0.1, 0.15) is 22.8 Å². The van der Waals surface area contributed by atoms with Crippen LogP contribution in [0.2, 0.25) is 0 Å². The number of halogens is 2. The fourth-order valence-electron chi connectivity index (χ4n) is 3.08. The number of hydrogen-bond donors (Lipinski definition) is 2. The van der Waals surface area contributed by atoms with Crippen LogP contribution in [0, 0.1) is 11.6 Å². The number of pyridine rings is 1. The van der Waals surface area contributed by atoms with Crippen molar-refractivity contribution in [3.63, 3.8) is 0 Å². The highest BCUT2D eigenvalue weighted by molar-refractivity contribution is 5.60. The van der Waals surface area contributed by atoms with Crippen LogP contribution in [0.4, 0.5) is 8.78 Å². The van der Waals surface area contributed by atoms with E-state index in [0.717, 1.165) is 17.2 Å². The molecular weight excluding hydrogens is 364 g/mol. The van der Waals surface area contributed by atoms with E-state index in [1.165, 1.54) is 12.1 Å². The van der Waals surface area contributed by atoms with Crippen LogP contribution in [0.3, 0.4) is 0 Å². The van der Waals surface area contributed by atoms with Gasteiger partial charge in [-0.25, -0.2) is 8.78 Å². The number of aromatic nitrogens is 3. The van der Waals surface area contributed by atoms with Crippen molar-refractivity contribution >= 4 is 5.65 Å². The van der Waals surface area contributed by atoms with Gasteiger partial charge in [-0.05, 0) is 28.8 Å². The van der Waals surface area contributed by atoms with Crippen molar-refractivity contribution < 1.29 is 19.0 Å². The van der Waals surface area contributed by atoms with Crippen LogP contribution >= 0.6 is 0 Å². The molecule has 0 saturated heterocycles. The summed E-state index contributed by atoms with van der Waals surface area (Å²) in [5, 5.41) is 27.1. The zero-order valence-electron chi connectivity index (χ0n) is 14.8. The summed E-state index contributed by atoms with van der Waals surface area (Å²) >= 11 is 0. The lowest BCUT2D eigenvalue weighted by atomic mass is 10.1. The molecule has 1 unspecified atom stereocenters. The lowest BCUT2D eigenvalue weighted by Crippen LogP contribution is -2.02. The van der Waals surface area contributed by atoms with Crippen molar-refractivity contribution in [3.05, 3.63) is 89.1 Å². The minimum absolute atomic E-state index is 0.307. The molecule has 0 aliphatic heterocycles. The third kappa shape index (κ3) is 3.49. The van der Waals surface area contributed by atoms with Crippen LogP contribution < -0.4 is 0 Å². The maximum atomic E-state index is 14.0. The molecule has 2 aromatic carbocycles. The summed E-state index contributed by atoms with van der Waals surface area (Å²) in [7, 11) is 0. The molecule has 0 bridgehead atoms. The highest BCUT2D eigenvalue weighted by Gasteiger charge is 2.12. The van der Waals surface area contributed by atoms with Gasteiger partial charge in [-0.1, -0.05) is 36.4 Å². The SMILES string of the molecule is OCC(O)c1ccc(-c2nnc3ccc(Cc4ccc(F)cc4F)cn23)cc1. The summed E-state index contributed by atoms with van der Waals surface area (Å²) < 4.78 is 28.9. The molecule has 0 fully saturated rings. The standard InChI is InChI=1S/C21H17F2N3O2/c22-17-7-6-16(18(23)10-17)9-13-1-8-20-24-25-21(26(20)11-13)15-4-2-14(3-5-15)19(28)12-27/h1-8,10-11,19,27-28H,9,12H2. The monoisotopic (exact) mass is 381 g/mol. The van der Waals surface area contributed by atoms with Gasteiger partial charge in [0.1, 0.15) is 17.7 Å². The smallest absolute Gasteiger partial charge is 0.168 e. The first kappa shape index (κ1) is 18.2. The summed E-state index contributed by atoms with van der Waals surface area (Å²) in [6.07, 6.45) is 1.20. The fraction of sp³-hybridized carbons (Fsp3) is 0.143. The molecule has 2 heterocycles. The van der Waals surface area contributed by atoms with Crippen molar-refractivity contribution in [1.29, 1.82) is 0 Å². The summed E-state index contributed by atoms with van der Waals surface area (Å²) in [4.78, 5) is 0. The van der Waals surface area contributed by atoms with Gasteiger partial charge in [-0.3, -0.25) is 4.40 Å². The Balaban J connectivity index is 1.68. The first-order chi connectivity index (χ1) is 13.5. The van der Waals surface area contributed by atoms with Crippen LogP contribution in [-0.4, -0.2) is 31.4 Å². The Morgan fingerprint density at radius 3 is 2.46 bits per heavy atom. The molecule has 5 nitrogen and oxygen atoms in total. The Labute approximate surface area is 159 Å². The Morgan fingerprint density at radius 1 is 0.964 bits per heavy atom. The quantitative estimate of drug-likeness (QED) is 0.557. The minimum atomic E-state index is -0.929. The largest absolute Gasteiger partial charge is 0.393 e. The van der Waals surface area contributed by atoms with Gasteiger partial charge in [-0.2, -0.15) is 0 Å². The molecule has 0 radical (unpaired) electrons. The van der Waals surface area contributed by atoms with Crippen molar-refractivity contribution in [2.24, 2.45) is 0 Å². The van der Waals surface area contributed by atoms with E-state index in [-0.39, 0.29) is 6.61 Å². The van der Waals surface area contributed by atoms with Gasteiger partial charge in [0.05, 0.1) is 6.61 Å². The molecule has 2 N–H and O–H groups in total. The molecule has 0 aliphatic carbocycles. The third-order valence-corrected chi connectivity index (χ3v) is 4.60. The second-order valence-corrected chi connectivity index (χ2v) is 6.52. The number of aliphatic hydroxyl groups is 2. The lowest BCUT2D eigenvalue weighted by molar-refractivity contribution is 0.0956. The number of rotatable bonds is 5. The average molecular weight is 381 g/mol. The number of fused-ring (bicyclic) bond motifs is 1. The molecule has 142 valence electrons. The van der Waals surface area contributed by atoms with Gasteiger partial charge in [0.2, 0.25) is 0 Å². The molecular formula is C21H17F2N3O2. The topological polar surface area (TPSA) is 70.7 Å². The maximum Gasteiger partial charge on any atom is 0.168 e. The number of aliphatic hydroxyl groups excluding tert-OH is 2. The average Bonchev–Trinajstić information content (AvgIpc) is 3.13. The fourth-order valence-corrected chi connectivity index (χ4v) is 3.08.